The number of aromatic nitrogens is 3. The van der Waals surface area contributed by atoms with E-state index in [0.29, 0.717) is 11.4 Å². The summed E-state index contributed by atoms with van der Waals surface area (Å²) in [5.41, 5.74) is 5.51. The Morgan fingerprint density at radius 1 is 0.558 bits per heavy atom. The molecular formula is C38H21N3OS. The van der Waals surface area contributed by atoms with E-state index in [1.165, 1.54) is 41.7 Å². The summed E-state index contributed by atoms with van der Waals surface area (Å²) in [7, 11) is 0. The second-order valence-electron chi connectivity index (χ2n) is 10.9. The highest BCUT2D eigenvalue weighted by molar-refractivity contribution is 7.27. The Bertz CT molecular complexity index is 2730. The van der Waals surface area contributed by atoms with Crippen LogP contribution in [-0.4, -0.2) is 14.5 Å². The van der Waals surface area contributed by atoms with Gasteiger partial charge in [0.05, 0.1) is 15.7 Å². The zero-order chi connectivity index (χ0) is 28.1. The topological polar surface area (TPSA) is 43.9 Å². The van der Waals surface area contributed by atoms with Crippen molar-refractivity contribution in [1.29, 1.82) is 0 Å². The first kappa shape index (κ1) is 23.1. The Balaban J connectivity index is 1.49. The van der Waals surface area contributed by atoms with Crippen molar-refractivity contribution in [1.82, 2.24) is 14.5 Å². The third kappa shape index (κ3) is 3.09. The third-order valence-electron chi connectivity index (χ3n) is 8.60. The van der Waals surface area contributed by atoms with E-state index in [-0.39, 0.29) is 0 Å². The van der Waals surface area contributed by atoms with Crippen molar-refractivity contribution >= 4 is 86.2 Å². The van der Waals surface area contributed by atoms with E-state index in [0.717, 1.165) is 38.9 Å². The number of hydrogen-bond donors (Lipinski definition) is 0. The normalized spacial score (nSPS) is 12.2. The Labute approximate surface area is 249 Å². The average Bonchev–Trinajstić information content (AvgIpc) is 3.75. The van der Waals surface area contributed by atoms with Crippen LogP contribution in [0.5, 0.6) is 0 Å². The fourth-order valence-corrected chi connectivity index (χ4v) is 8.05. The molecule has 10 aromatic rings. The quantitative estimate of drug-likeness (QED) is 0.209. The Kier molecular flexibility index (Phi) is 4.57. The lowest BCUT2D eigenvalue weighted by molar-refractivity contribution is 0.662. The van der Waals surface area contributed by atoms with E-state index >= 15 is 0 Å². The van der Waals surface area contributed by atoms with E-state index in [1.54, 1.807) is 0 Å². The van der Waals surface area contributed by atoms with E-state index in [1.807, 2.05) is 47.7 Å². The Morgan fingerprint density at radius 2 is 1.21 bits per heavy atom. The van der Waals surface area contributed by atoms with Gasteiger partial charge in [0.25, 0.3) is 0 Å². The predicted octanol–water partition coefficient (Wildman–Crippen LogP) is 10.7. The molecule has 5 heteroatoms. The minimum atomic E-state index is 0.675. The highest BCUT2D eigenvalue weighted by atomic mass is 32.1. The van der Waals surface area contributed by atoms with Crippen LogP contribution in [0, 0.1) is 0 Å². The van der Waals surface area contributed by atoms with Crippen molar-refractivity contribution < 1.29 is 4.42 Å². The molecule has 0 aliphatic heterocycles. The Morgan fingerprint density at radius 3 is 2.05 bits per heavy atom. The van der Waals surface area contributed by atoms with Gasteiger partial charge in [0, 0.05) is 37.2 Å². The number of hydrogen-bond acceptors (Lipinski definition) is 4. The summed E-state index contributed by atoms with van der Waals surface area (Å²) in [6.07, 6.45) is 0. The third-order valence-corrected chi connectivity index (χ3v) is 9.77. The van der Waals surface area contributed by atoms with Gasteiger partial charge in [0.2, 0.25) is 0 Å². The summed E-state index contributed by atoms with van der Waals surface area (Å²) in [5, 5.41) is 8.47. The standard InChI is InChI=1S/C38H21N3OS/c1-2-12-22(13-3-1)37-39-33-26-17-7-10-20-29(26)42-35(33)38(40-37)41-28-19-9-6-16-25(28)31-23-14-4-5-15-24(23)32-27-18-8-11-21-30(27)43-36(32)34(31)41/h1-21H. The second-order valence-corrected chi connectivity index (χ2v) is 12.0. The van der Waals surface area contributed by atoms with Crippen LogP contribution in [-0.2, 0) is 0 Å². The van der Waals surface area contributed by atoms with Gasteiger partial charge in [-0.1, -0.05) is 103 Å². The number of furan rings is 1. The largest absolute Gasteiger partial charge is 0.450 e. The van der Waals surface area contributed by atoms with Gasteiger partial charge in [0.1, 0.15) is 11.1 Å². The SMILES string of the molecule is c1ccc(-c2nc(-n3c4ccccc4c4c5ccccc5c5c6ccccc6sc5c43)c3oc4ccccc4c3n2)cc1. The molecule has 4 heterocycles. The van der Waals surface area contributed by atoms with E-state index in [9.17, 15) is 0 Å². The van der Waals surface area contributed by atoms with Gasteiger partial charge in [-0.05, 0) is 35.0 Å². The molecule has 0 saturated carbocycles. The van der Waals surface area contributed by atoms with Crippen molar-refractivity contribution in [2.45, 2.75) is 0 Å². The Hall–Kier alpha value is -5.52. The van der Waals surface area contributed by atoms with Gasteiger partial charge < -0.3 is 4.42 Å². The van der Waals surface area contributed by atoms with Gasteiger partial charge in [0.15, 0.2) is 17.2 Å². The molecular weight excluding hydrogens is 547 g/mol. The fourth-order valence-electron chi connectivity index (χ4n) is 6.79. The summed E-state index contributed by atoms with van der Waals surface area (Å²) in [4.78, 5) is 10.4. The van der Waals surface area contributed by atoms with Crippen LogP contribution in [0.15, 0.2) is 132 Å². The fraction of sp³-hybridized carbons (Fsp3) is 0. The first-order chi connectivity index (χ1) is 21.3. The van der Waals surface area contributed by atoms with Gasteiger partial charge in [-0.3, -0.25) is 4.57 Å². The molecule has 0 unspecified atom stereocenters. The summed E-state index contributed by atoms with van der Waals surface area (Å²) in [5.74, 6) is 1.43. The second kappa shape index (κ2) is 8.51. The summed E-state index contributed by atoms with van der Waals surface area (Å²) in [6, 6.07) is 44.5. The first-order valence-corrected chi connectivity index (χ1v) is 15.2. The maximum Gasteiger partial charge on any atom is 0.197 e. The molecule has 10 rings (SSSR count). The minimum Gasteiger partial charge on any atom is -0.450 e. The predicted molar refractivity (Wildman–Crippen MR) is 179 cm³/mol. The number of benzene rings is 6. The summed E-state index contributed by atoms with van der Waals surface area (Å²) in [6.45, 7) is 0. The van der Waals surface area contributed by atoms with Gasteiger partial charge in [-0.25, -0.2) is 9.97 Å². The van der Waals surface area contributed by atoms with Crippen molar-refractivity contribution in [2.75, 3.05) is 0 Å². The molecule has 200 valence electrons. The van der Waals surface area contributed by atoms with E-state index < -0.39 is 0 Å². The number of rotatable bonds is 2. The van der Waals surface area contributed by atoms with E-state index in [2.05, 4.69) is 95.6 Å². The lowest BCUT2D eigenvalue weighted by Crippen LogP contribution is -2.02. The molecule has 6 aromatic carbocycles. The van der Waals surface area contributed by atoms with Gasteiger partial charge in [-0.2, -0.15) is 0 Å². The molecule has 0 N–H and O–H groups in total. The number of fused-ring (bicyclic) bond motifs is 13. The lowest BCUT2D eigenvalue weighted by atomic mass is 9.99. The zero-order valence-corrected chi connectivity index (χ0v) is 23.6. The smallest absolute Gasteiger partial charge is 0.197 e. The number of nitrogens with zero attached hydrogens (tertiary/aromatic N) is 3. The molecule has 4 nitrogen and oxygen atoms in total. The van der Waals surface area contributed by atoms with E-state index in [4.69, 9.17) is 14.4 Å². The van der Waals surface area contributed by atoms with Crippen molar-refractivity contribution in [2.24, 2.45) is 0 Å². The molecule has 4 aromatic heterocycles. The summed E-state index contributed by atoms with van der Waals surface area (Å²) < 4.78 is 11.5. The number of thiophene rings is 1. The van der Waals surface area contributed by atoms with Crippen molar-refractivity contribution in [3.05, 3.63) is 127 Å². The molecule has 0 amide bonds. The maximum atomic E-state index is 6.61. The number of para-hydroxylation sites is 2. The maximum absolute atomic E-state index is 6.61. The minimum absolute atomic E-state index is 0.675. The highest BCUT2D eigenvalue weighted by Crippen LogP contribution is 2.48. The van der Waals surface area contributed by atoms with Crippen LogP contribution in [0.2, 0.25) is 0 Å². The van der Waals surface area contributed by atoms with Crippen LogP contribution >= 0.6 is 11.3 Å². The lowest BCUT2D eigenvalue weighted by Gasteiger charge is -2.11. The van der Waals surface area contributed by atoms with Crippen LogP contribution in [0.3, 0.4) is 0 Å². The monoisotopic (exact) mass is 567 g/mol. The molecule has 43 heavy (non-hydrogen) atoms. The molecule has 0 radical (unpaired) electrons. The van der Waals surface area contributed by atoms with Crippen LogP contribution in [0.4, 0.5) is 0 Å². The van der Waals surface area contributed by atoms with Crippen molar-refractivity contribution in [3.63, 3.8) is 0 Å². The molecule has 0 fully saturated rings. The molecule has 0 saturated heterocycles. The van der Waals surface area contributed by atoms with Gasteiger partial charge >= 0.3 is 0 Å². The van der Waals surface area contributed by atoms with Crippen molar-refractivity contribution in [3.8, 4) is 17.2 Å². The van der Waals surface area contributed by atoms with Gasteiger partial charge in [-0.15, -0.1) is 11.3 Å². The van der Waals surface area contributed by atoms with Crippen LogP contribution in [0.25, 0.3) is 92.0 Å². The molecule has 0 aliphatic carbocycles. The highest BCUT2D eigenvalue weighted by Gasteiger charge is 2.25. The molecule has 0 aliphatic rings. The molecule has 0 bridgehead atoms. The van der Waals surface area contributed by atoms with Crippen LogP contribution < -0.4 is 0 Å². The zero-order valence-electron chi connectivity index (χ0n) is 22.8. The average molecular weight is 568 g/mol. The molecule has 0 atom stereocenters. The molecule has 0 spiro atoms. The first-order valence-electron chi connectivity index (χ1n) is 14.4. The van der Waals surface area contributed by atoms with Crippen LogP contribution in [0.1, 0.15) is 0 Å². The summed E-state index contributed by atoms with van der Waals surface area (Å²) >= 11 is 1.85.